The van der Waals surface area contributed by atoms with Crippen molar-refractivity contribution in [2.24, 2.45) is 0 Å². The number of nitrogens with zero attached hydrogens (tertiary/aromatic N) is 4. The molecule has 3 aromatic rings. The molecule has 140 valence electrons. The lowest BCUT2D eigenvalue weighted by molar-refractivity contribution is -0.131. The molecule has 0 unspecified atom stereocenters. The van der Waals surface area contributed by atoms with E-state index in [0.717, 1.165) is 29.7 Å². The molecule has 1 fully saturated rings. The summed E-state index contributed by atoms with van der Waals surface area (Å²) in [6.07, 6.45) is 2.30. The fraction of sp³-hybridized carbons (Fsp3) is 0.333. The summed E-state index contributed by atoms with van der Waals surface area (Å²) >= 11 is 0. The maximum absolute atomic E-state index is 13.1. The van der Waals surface area contributed by atoms with Gasteiger partial charge in [-0.3, -0.25) is 9.48 Å². The van der Waals surface area contributed by atoms with Crippen LogP contribution in [0.2, 0.25) is 0 Å². The van der Waals surface area contributed by atoms with Crippen LogP contribution in [0.1, 0.15) is 12.0 Å². The highest BCUT2D eigenvalue weighted by atomic mass is 19.1. The SMILES string of the molecule is Cc1ccc2c(cnn2CCC(=O)N2CCN(c3ccc(F)cc3)CC2)c1. The number of halogens is 1. The average Bonchev–Trinajstić information content (AvgIpc) is 3.09. The molecule has 0 bridgehead atoms. The molecule has 0 N–H and O–H groups in total. The van der Waals surface area contributed by atoms with Crippen LogP contribution in [0.4, 0.5) is 10.1 Å². The zero-order valence-electron chi connectivity index (χ0n) is 15.4. The van der Waals surface area contributed by atoms with Crippen LogP contribution in [0.3, 0.4) is 0 Å². The molecular formula is C21H23FN4O. The Bertz CT molecular complexity index is 942. The second kappa shape index (κ2) is 7.39. The fourth-order valence-corrected chi connectivity index (χ4v) is 3.61. The summed E-state index contributed by atoms with van der Waals surface area (Å²) in [5.74, 6) is -0.0709. The van der Waals surface area contributed by atoms with E-state index in [1.807, 2.05) is 15.8 Å². The Labute approximate surface area is 158 Å². The lowest BCUT2D eigenvalue weighted by atomic mass is 10.2. The summed E-state index contributed by atoms with van der Waals surface area (Å²) < 4.78 is 15.0. The zero-order valence-corrected chi connectivity index (χ0v) is 15.4. The molecule has 27 heavy (non-hydrogen) atoms. The number of hydrogen-bond donors (Lipinski definition) is 0. The fourth-order valence-electron chi connectivity index (χ4n) is 3.61. The lowest BCUT2D eigenvalue weighted by Crippen LogP contribution is -2.49. The molecule has 1 aliphatic heterocycles. The number of benzene rings is 2. The summed E-state index contributed by atoms with van der Waals surface area (Å²) in [7, 11) is 0. The van der Waals surface area contributed by atoms with Gasteiger partial charge < -0.3 is 9.80 Å². The van der Waals surface area contributed by atoms with Crippen molar-refractivity contribution < 1.29 is 9.18 Å². The highest BCUT2D eigenvalue weighted by molar-refractivity contribution is 5.80. The van der Waals surface area contributed by atoms with E-state index in [1.54, 1.807) is 12.1 Å². The van der Waals surface area contributed by atoms with Crippen molar-refractivity contribution in [2.45, 2.75) is 19.9 Å². The molecule has 0 spiro atoms. The van der Waals surface area contributed by atoms with Gasteiger partial charge in [-0.1, -0.05) is 11.6 Å². The summed E-state index contributed by atoms with van der Waals surface area (Å²) in [4.78, 5) is 16.7. The van der Waals surface area contributed by atoms with E-state index >= 15 is 0 Å². The van der Waals surface area contributed by atoms with E-state index in [1.165, 1.54) is 17.7 Å². The van der Waals surface area contributed by atoms with Crippen molar-refractivity contribution in [1.82, 2.24) is 14.7 Å². The average molecular weight is 366 g/mol. The van der Waals surface area contributed by atoms with E-state index in [4.69, 9.17) is 0 Å². The van der Waals surface area contributed by atoms with Crippen molar-refractivity contribution in [3.63, 3.8) is 0 Å². The van der Waals surface area contributed by atoms with Gasteiger partial charge in [-0.15, -0.1) is 0 Å². The number of hydrogen-bond acceptors (Lipinski definition) is 3. The molecule has 0 aliphatic carbocycles. The number of amides is 1. The Morgan fingerprint density at radius 2 is 1.81 bits per heavy atom. The summed E-state index contributed by atoms with van der Waals surface area (Å²) in [5, 5.41) is 5.53. The molecule has 6 heteroatoms. The molecule has 2 aromatic carbocycles. The van der Waals surface area contributed by atoms with Gasteiger partial charge in [0.15, 0.2) is 0 Å². The summed E-state index contributed by atoms with van der Waals surface area (Å²) in [6, 6.07) is 12.8. The second-order valence-electron chi connectivity index (χ2n) is 7.02. The molecule has 1 saturated heterocycles. The molecule has 1 aromatic heterocycles. The van der Waals surface area contributed by atoms with Crippen molar-refractivity contribution in [3.05, 3.63) is 60.0 Å². The Morgan fingerprint density at radius 3 is 2.56 bits per heavy atom. The third kappa shape index (κ3) is 3.79. The number of piperazine rings is 1. The molecule has 1 aliphatic rings. The van der Waals surface area contributed by atoms with Gasteiger partial charge in [-0.2, -0.15) is 5.10 Å². The van der Waals surface area contributed by atoms with Gasteiger partial charge in [0.25, 0.3) is 0 Å². The van der Waals surface area contributed by atoms with Gasteiger partial charge in [0, 0.05) is 43.7 Å². The zero-order chi connectivity index (χ0) is 18.8. The Morgan fingerprint density at radius 1 is 1.07 bits per heavy atom. The number of carbonyl (C=O) groups excluding carboxylic acids is 1. The van der Waals surface area contributed by atoms with E-state index in [2.05, 4.69) is 35.1 Å². The van der Waals surface area contributed by atoms with Crippen LogP contribution < -0.4 is 4.90 Å². The molecule has 5 nitrogen and oxygen atoms in total. The maximum Gasteiger partial charge on any atom is 0.224 e. The van der Waals surface area contributed by atoms with Crippen LogP contribution in [-0.2, 0) is 11.3 Å². The number of aryl methyl sites for hydroxylation is 2. The predicted molar refractivity (Wildman–Crippen MR) is 104 cm³/mol. The number of carbonyl (C=O) groups is 1. The Kier molecular flexibility index (Phi) is 4.79. The highest BCUT2D eigenvalue weighted by Gasteiger charge is 2.21. The number of fused-ring (bicyclic) bond motifs is 1. The molecule has 4 rings (SSSR count). The maximum atomic E-state index is 13.1. The third-order valence-corrected chi connectivity index (χ3v) is 5.16. The van der Waals surface area contributed by atoms with Gasteiger partial charge in [0.05, 0.1) is 18.3 Å². The van der Waals surface area contributed by atoms with E-state index in [9.17, 15) is 9.18 Å². The number of aromatic nitrogens is 2. The van der Waals surface area contributed by atoms with Crippen LogP contribution in [-0.4, -0.2) is 46.8 Å². The first kappa shape index (κ1) is 17.5. The molecule has 2 heterocycles. The molecule has 0 saturated carbocycles. The predicted octanol–water partition coefficient (Wildman–Crippen LogP) is 3.22. The minimum absolute atomic E-state index is 0.157. The van der Waals surface area contributed by atoms with Crippen LogP contribution in [0.25, 0.3) is 10.9 Å². The van der Waals surface area contributed by atoms with E-state index < -0.39 is 0 Å². The molecule has 1 amide bonds. The third-order valence-electron chi connectivity index (χ3n) is 5.16. The topological polar surface area (TPSA) is 41.4 Å². The van der Waals surface area contributed by atoms with Gasteiger partial charge in [-0.25, -0.2) is 4.39 Å². The van der Waals surface area contributed by atoms with Gasteiger partial charge in [0.2, 0.25) is 5.91 Å². The minimum Gasteiger partial charge on any atom is -0.368 e. The second-order valence-corrected chi connectivity index (χ2v) is 7.02. The van der Waals surface area contributed by atoms with Gasteiger partial charge in [-0.05, 0) is 43.3 Å². The first-order valence-corrected chi connectivity index (χ1v) is 9.30. The van der Waals surface area contributed by atoms with Crippen LogP contribution in [0.5, 0.6) is 0 Å². The molecular weight excluding hydrogens is 343 g/mol. The molecule has 0 atom stereocenters. The standard InChI is InChI=1S/C21H23FN4O/c1-16-2-7-20-17(14-16)15-23-26(20)9-8-21(27)25-12-10-24(11-13-25)19-5-3-18(22)4-6-19/h2-7,14-15H,8-13H2,1H3. The van der Waals surface area contributed by atoms with Crippen molar-refractivity contribution in [3.8, 4) is 0 Å². The summed E-state index contributed by atoms with van der Waals surface area (Å²) in [5.41, 5.74) is 3.27. The quantitative estimate of drug-likeness (QED) is 0.712. The van der Waals surface area contributed by atoms with E-state index in [0.29, 0.717) is 26.1 Å². The first-order chi connectivity index (χ1) is 13.1. The monoisotopic (exact) mass is 366 g/mol. The number of anilines is 1. The largest absolute Gasteiger partial charge is 0.368 e. The lowest BCUT2D eigenvalue weighted by Gasteiger charge is -2.36. The smallest absolute Gasteiger partial charge is 0.224 e. The number of rotatable bonds is 4. The van der Waals surface area contributed by atoms with Crippen LogP contribution >= 0.6 is 0 Å². The Hall–Kier alpha value is -2.89. The summed E-state index contributed by atoms with van der Waals surface area (Å²) in [6.45, 7) is 5.56. The van der Waals surface area contributed by atoms with Crippen molar-refractivity contribution >= 4 is 22.5 Å². The Balaban J connectivity index is 1.32. The van der Waals surface area contributed by atoms with E-state index in [-0.39, 0.29) is 11.7 Å². The van der Waals surface area contributed by atoms with Crippen molar-refractivity contribution in [1.29, 1.82) is 0 Å². The normalized spacial score (nSPS) is 14.7. The van der Waals surface area contributed by atoms with Gasteiger partial charge in [0.1, 0.15) is 5.82 Å². The highest BCUT2D eigenvalue weighted by Crippen LogP contribution is 2.18. The van der Waals surface area contributed by atoms with Gasteiger partial charge >= 0.3 is 0 Å². The molecule has 0 radical (unpaired) electrons. The van der Waals surface area contributed by atoms with Crippen molar-refractivity contribution in [2.75, 3.05) is 31.1 Å². The minimum atomic E-state index is -0.228. The first-order valence-electron chi connectivity index (χ1n) is 9.30. The van der Waals surface area contributed by atoms with Crippen LogP contribution in [0.15, 0.2) is 48.7 Å². The van der Waals surface area contributed by atoms with Crippen LogP contribution in [0, 0.1) is 12.7 Å².